The Hall–Kier alpha value is -0.876. The second-order valence-electron chi connectivity index (χ2n) is 5.07. The van der Waals surface area contributed by atoms with E-state index in [0.29, 0.717) is 0 Å². The molecule has 0 aliphatic carbocycles. The van der Waals surface area contributed by atoms with Crippen LogP contribution in [0.2, 0.25) is 13.1 Å². The third-order valence-electron chi connectivity index (χ3n) is 3.48. The molecule has 2 rings (SSSR count). The molecule has 5 heteroatoms. The summed E-state index contributed by atoms with van der Waals surface area (Å²) in [5.74, 6) is 0. The Morgan fingerprint density at radius 1 is 0.750 bits per heavy atom. The summed E-state index contributed by atoms with van der Waals surface area (Å²) in [6.07, 6.45) is 0. The lowest BCUT2D eigenvalue weighted by Crippen LogP contribution is -2.61. The highest BCUT2D eigenvalue weighted by Gasteiger charge is 2.49. The number of benzene rings is 2. The topological polar surface area (TPSA) is 17.1 Å². The van der Waals surface area contributed by atoms with Gasteiger partial charge in [-0.2, -0.15) is 22.2 Å². The number of hydrogen-bond donors (Lipinski definition) is 0. The van der Waals surface area contributed by atoms with Gasteiger partial charge in [-0.1, -0.05) is 60.7 Å². The summed E-state index contributed by atoms with van der Waals surface area (Å²) < 4.78 is 0. The van der Waals surface area contributed by atoms with Crippen LogP contribution in [-0.4, -0.2) is 19.8 Å². The molecule has 2 aromatic rings. The first-order valence-electron chi connectivity index (χ1n) is 6.40. The van der Waals surface area contributed by atoms with E-state index >= 15 is 0 Å². The Bertz CT molecular complexity index is 544. The summed E-state index contributed by atoms with van der Waals surface area (Å²) in [7, 11) is -5.48. The minimum atomic E-state index is -2.74. The summed E-state index contributed by atoms with van der Waals surface area (Å²) in [5.41, 5.74) is 0. The van der Waals surface area contributed by atoms with Gasteiger partial charge in [0, 0.05) is 0 Å². The SMILES string of the molecule is C[Si](Cl)(C(=O)[Si](C)(Cl)c1ccccc1)c1ccccc1. The molecule has 0 saturated heterocycles. The Morgan fingerprint density at radius 2 is 1.05 bits per heavy atom. The van der Waals surface area contributed by atoms with Gasteiger partial charge in [-0.05, 0) is 23.5 Å². The van der Waals surface area contributed by atoms with Crippen LogP contribution >= 0.6 is 22.2 Å². The van der Waals surface area contributed by atoms with Crippen LogP contribution in [0, 0.1) is 0 Å². The van der Waals surface area contributed by atoms with E-state index in [1.165, 1.54) is 0 Å². The van der Waals surface area contributed by atoms with Crippen LogP contribution in [0.1, 0.15) is 0 Å². The first-order chi connectivity index (χ1) is 9.37. The smallest absolute Gasteiger partial charge is 0.252 e. The average Bonchev–Trinajstić information content (AvgIpc) is 2.48. The van der Waals surface area contributed by atoms with E-state index in [1.807, 2.05) is 73.8 Å². The molecule has 0 aliphatic rings. The molecule has 2 aromatic carbocycles. The Balaban J connectivity index is 2.40. The molecule has 0 heterocycles. The Morgan fingerprint density at radius 3 is 1.35 bits per heavy atom. The maximum atomic E-state index is 12.9. The van der Waals surface area contributed by atoms with Gasteiger partial charge < -0.3 is 4.79 Å². The second kappa shape index (κ2) is 5.86. The summed E-state index contributed by atoms with van der Waals surface area (Å²) in [6, 6.07) is 19.2. The average molecular weight is 339 g/mol. The van der Waals surface area contributed by atoms with Gasteiger partial charge in [-0.3, -0.25) is 0 Å². The zero-order chi connectivity index (χ0) is 14.8. The number of hydrogen-bond acceptors (Lipinski definition) is 1. The van der Waals surface area contributed by atoms with Crippen molar-refractivity contribution in [3.8, 4) is 0 Å². The minimum Gasteiger partial charge on any atom is -0.307 e. The first-order valence-corrected chi connectivity index (χ1v) is 13.4. The van der Waals surface area contributed by atoms with Gasteiger partial charge in [0.15, 0.2) is 0 Å². The molecule has 0 amide bonds. The van der Waals surface area contributed by atoms with Crippen molar-refractivity contribution in [3.63, 3.8) is 0 Å². The molecule has 104 valence electrons. The largest absolute Gasteiger partial charge is 0.307 e. The highest BCUT2D eigenvalue weighted by Crippen LogP contribution is 2.22. The fraction of sp³-hybridized carbons (Fsp3) is 0.133. The maximum Gasteiger partial charge on any atom is 0.252 e. The van der Waals surface area contributed by atoms with Crippen molar-refractivity contribution in [1.82, 2.24) is 0 Å². The fourth-order valence-corrected chi connectivity index (χ4v) is 13.4. The molecule has 0 fully saturated rings. The summed E-state index contributed by atoms with van der Waals surface area (Å²) in [5, 5.41) is 1.88. The molecule has 20 heavy (non-hydrogen) atoms. The van der Waals surface area contributed by atoms with Crippen molar-refractivity contribution in [3.05, 3.63) is 60.7 Å². The van der Waals surface area contributed by atoms with Crippen LogP contribution in [0.25, 0.3) is 0 Å². The molecule has 0 radical (unpaired) electrons. The van der Waals surface area contributed by atoms with Crippen LogP contribution in [0.15, 0.2) is 60.7 Å². The maximum absolute atomic E-state index is 12.9. The number of carbonyl (C=O) groups is 1. The summed E-state index contributed by atoms with van der Waals surface area (Å²) >= 11 is 13.4. The zero-order valence-electron chi connectivity index (χ0n) is 11.4. The lowest BCUT2D eigenvalue weighted by molar-refractivity contribution is 0.273. The molecule has 0 bridgehead atoms. The molecular weight excluding hydrogens is 323 g/mol. The highest BCUT2D eigenvalue weighted by molar-refractivity contribution is 7.62. The molecule has 0 aliphatic heterocycles. The highest BCUT2D eigenvalue weighted by atomic mass is 35.6. The van der Waals surface area contributed by atoms with Gasteiger partial charge >= 0.3 is 0 Å². The molecular formula is C15H16Cl2OSi2. The van der Waals surface area contributed by atoms with E-state index in [-0.39, 0.29) is 5.03 Å². The monoisotopic (exact) mass is 338 g/mol. The van der Waals surface area contributed by atoms with Gasteiger partial charge in [0.1, 0.15) is 5.03 Å². The van der Waals surface area contributed by atoms with Crippen LogP contribution in [0.4, 0.5) is 4.79 Å². The van der Waals surface area contributed by atoms with Gasteiger partial charge in [0.2, 0.25) is 0 Å². The molecule has 0 aromatic heterocycles. The standard InChI is InChI=1S/C15H16Cl2OSi2/c1-19(16,13-9-5-3-6-10-13)15(18)20(2,17)14-11-7-4-8-12-14/h3-12H,1-2H3. The van der Waals surface area contributed by atoms with Crippen molar-refractivity contribution >= 4 is 52.3 Å². The van der Waals surface area contributed by atoms with Gasteiger partial charge in [0.25, 0.3) is 14.8 Å². The predicted molar refractivity (Wildman–Crippen MR) is 92.5 cm³/mol. The van der Waals surface area contributed by atoms with Crippen molar-refractivity contribution in [1.29, 1.82) is 0 Å². The van der Waals surface area contributed by atoms with E-state index in [4.69, 9.17) is 22.2 Å². The van der Waals surface area contributed by atoms with E-state index in [2.05, 4.69) is 0 Å². The quantitative estimate of drug-likeness (QED) is 0.613. The van der Waals surface area contributed by atoms with Crippen LogP contribution in [0.5, 0.6) is 0 Å². The van der Waals surface area contributed by atoms with E-state index in [0.717, 1.165) is 10.4 Å². The van der Waals surface area contributed by atoms with Crippen LogP contribution < -0.4 is 10.4 Å². The number of halogens is 2. The van der Waals surface area contributed by atoms with Crippen molar-refractivity contribution in [2.75, 3.05) is 0 Å². The van der Waals surface area contributed by atoms with Crippen molar-refractivity contribution in [2.45, 2.75) is 13.1 Å². The summed E-state index contributed by atoms with van der Waals surface area (Å²) in [6.45, 7) is 3.73. The summed E-state index contributed by atoms with van der Waals surface area (Å²) in [4.78, 5) is 12.9. The van der Waals surface area contributed by atoms with Gasteiger partial charge in [0.05, 0.1) is 0 Å². The third kappa shape index (κ3) is 2.91. The van der Waals surface area contributed by atoms with Gasteiger partial charge in [-0.25, -0.2) is 0 Å². The normalized spacial score (nSPS) is 17.0. The van der Waals surface area contributed by atoms with Crippen molar-refractivity contribution < 1.29 is 4.79 Å². The minimum absolute atomic E-state index is 0.0470. The Kier molecular flexibility index (Phi) is 4.54. The number of rotatable bonds is 4. The van der Waals surface area contributed by atoms with Crippen LogP contribution in [-0.2, 0) is 0 Å². The van der Waals surface area contributed by atoms with E-state index in [9.17, 15) is 4.79 Å². The molecule has 1 nitrogen and oxygen atoms in total. The molecule has 0 N–H and O–H groups in total. The molecule has 0 spiro atoms. The van der Waals surface area contributed by atoms with Crippen molar-refractivity contribution in [2.24, 2.45) is 0 Å². The third-order valence-corrected chi connectivity index (χ3v) is 14.3. The first kappa shape index (κ1) is 15.5. The van der Waals surface area contributed by atoms with Crippen LogP contribution in [0.3, 0.4) is 0 Å². The van der Waals surface area contributed by atoms with E-state index in [1.54, 1.807) is 0 Å². The van der Waals surface area contributed by atoms with Gasteiger partial charge in [-0.15, -0.1) is 0 Å². The second-order valence-corrected chi connectivity index (χ2v) is 16.2. The molecule has 2 unspecified atom stereocenters. The lowest BCUT2D eigenvalue weighted by atomic mass is 10.4. The van der Waals surface area contributed by atoms with E-state index < -0.39 is 14.8 Å². The molecule has 0 saturated carbocycles. The predicted octanol–water partition coefficient (Wildman–Crippen LogP) is 3.71. The number of carbonyl (C=O) groups excluding carboxylic acids is 1. The Labute approximate surface area is 131 Å². The fourth-order valence-electron chi connectivity index (χ4n) is 2.21. The lowest BCUT2D eigenvalue weighted by Gasteiger charge is -2.27. The molecule has 2 atom stereocenters. The zero-order valence-corrected chi connectivity index (χ0v) is 14.9.